The average Bonchev–Trinajstić information content (AvgIpc) is 3.32. The lowest BCUT2D eigenvalue weighted by molar-refractivity contribution is -0.302. The minimum Gasteiger partial charge on any atom is -0.497 e. The Kier molecular flexibility index (Phi) is 19.9. The zero-order chi connectivity index (χ0) is 49.9. The molecule has 68 heavy (non-hydrogen) atoms. The van der Waals surface area contributed by atoms with E-state index in [1.54, 1.807) is 34.1 Å². The molecule has 3 N–H and O–H groups in total. The van der Waals surface area contributed by atoms with Crippen molar-refractivity contribution in [3.8, 4) is 5.75 Å². The summed E-state index contributed by atoms with van der Waals surface area (Å²) in [6.45, 7) is 13.1. The molecule has 2 saturated heterocycles. The summed E-state index contributed by atoms with van der Waals surface area (Å²) in [5.74, 6) is -7.30. The van der Waals surface area contributed by atoms with Crippen molar-refractivity contribution in [2.45, 2.75) is 166 Å². The van der Waals surface area contributed by atoms with Crippen molar-refractivity contribution < 1.29 is 62.9 Å². The average molecular weight is 950 g/mol. The van der Waals surface area contributed by atoms with E-state index in [0.29, 0.717) is 63.4 Å². The maximum atomic E-state index is 14.6. The van der Waals surface area contributed by atoms with Crippen LogP contribution in [0.4, 0.5) is 0 Å². The summed E-state index contributed by atoms with van der Waals surface area (Å²) in [4.78, 5) is 58.6. The number of allylic oxidation sites excluding steroid dienone is 4. The summed E-state index contributed by atoms with van der Waals surface area (Å²) >= 11 is 0. The molecule has 14 atom stereocenters. The lowest BCUT2D eigenvalue weighted by atomic mass is 9.74. The number of carbonyl (C=O) groups excluding carboxylic acids is 4. The molecular weight excluding hydrogens is 871 g/mol. The van der Waals surface area contributed by atoms with Crippen LogP contribution in [-0.4, -0.2) is 133 Å². The Morgan fingerprint density at radius 2 is 1.68 bits per heavy atom. The van der Waals surface area contributed by atoms with Crippen LogP contribution in [0.2, 0.25) is 0 Å². The van der Waals surface area contributed by atoms with Gasteiger partial charge < -0.3 is 48.6 Å². The van der Waals surface area contributed by atoms with Crippen LogP contribution in [0.15, 0.2) is 66.3 Å². The first-order valence-corrected chi connectivity index (χ1v) is 24.6. The molecule has 3 heterocycles. The molecule has 5 rings (SSSR count). The summed E-state index contributed by atoms with van der Waals surface area (Å²) < 4.78 is 35.7. The molecule has 3 fully saturated rings. The summed E-state index contributed by atoms with van der Waals surface area (Å²) in [6, 6.07) is 6.48. The van der Waals surface area contributed by atoms with Gasteiger partial charge in [-0.3, -0.25) is 14.4 Å². The maximum Gasteiger partial charge on any atom is 0.329 e. The van der Waals surface area contributed by atoms with Crippen LogP contribution in [0.1, 0.15) is 117 Å². The Balaban J connectivity index is 1.48. The number of amides is 1. The van der Waals surface area contributed by atoms with Crippen molar-refractivity contribution in [3.63, 3.8) is 0 Å². The van der Waals surface area contributed by atoms with E-state index in [2.05, 4.69) is 6.58 Å². The number of aliphatic hydroxyl groups excluding tert-OH is 1. The Hall–Kier alpha value is -4.02. The maximum absolute atomic E-state index is 14.6. The topological polar surface area (TPSA) is 188 Å². The van der Waals surface area contributed by atoms with E-state index in [4.69, 9.17) is 28.4 Å². The molecule has 0 aromatic heterocycles. The first-order chi connectivity index (χ1) is 32.3. The highest BCUT2D eigenvalue weighted by molar-refractivity contribution is 6.39. The fourth-order valence-electron chi connectivity index (χ4n) is 10.9. The highest BCUT2D eigenvalue weighted by atomic mass is 16.7. The largest absolute Gasteiger partial charge is 0.497 e. The van der Waals surface area contributed by atoms with E-state index >= 15 is 0 Å². The minimum absolute atomic E-state index is 0.00671. The number of Topliss-reactive ketones (excluding diaryl/α,β-unsaturated/α-hetero) is 2. The van der Waals surface area contributed by atoms with Gasteiger partial charge in [-0.2, -0.15) is 0 Å². The van der Waals surface area contributed by atoms with Gasteiger partial charge >= 0.3 is 5.97 Å². The zero-order valence-corrected chi connectivity index (χ0v) is 41.9. The third-order valence-corrected chi connectivity index (χ3v) is 15.0. The summed E-state index contributed by atoms with van der Waals surface area (Å²) in [7, 11) is 6.25. The summed E-state index contributed by atoms with van der Waals surface area (Å²) in [6.07, 6.45) is 9.09. The Morgan fingerprint density at radius 1 is 0.956 bits per heavy atom. The molecule has 1 aliphatic carbocycles. The van der Waals surface area contributed by atoms with Gasteiger partial charge in [-0.15, -0.1) is 6.58 Å². The minimum atomic E-state index is -2.53. The standard InChI is InChI=1S/C54H79NO13/c1-11-16-40-26-33(2)25-34(3)27-45(64-8)49-46(65-9)29-36(5)54(62,68-49)50(58)51(59)55-24-13-12-20-42(55)52(60)67-48(37(6)43(56)32-44(40)57)35(4)28-39-21-23-53(61,47(31-39)66-10)22-15-18-38-17-14-19-41(30-38)63-7/h11,14-15,17-19,26,28,30,34,36-37,39-40,42-43,45-49,56,61-62H,1,12-13,16,20-25,27,29,31-32H2,2-10H3. The van der Waals surface area contributed by atoms with Crippen LogP contribution < -0.4 is 4.74 Å². The fraction of sp³-hybridized carbons (Fsp3) is 0.667. The van der Waals surface area contributed by atoms with Gasteiger partial charge in [0.1, 0.15) is 29.8 Å². The van der Waals surface area contributed by atoms with Crippen LogP contribution in [0.3, 0.4) is 0 Å². The molecule has 1 aromatic rings. The molecule has 1 saturated carbocycles. The van der Waals surface area contributed by atoms with Crippen LogP contribution >= 0.6 is 0 Å². The smallest absolute Gasteiger partial charge is 0.329 e. The predicted octanol–water partition coefficient (Wildman–Crippen LogP) is 7.12. The molecule has 1 amide bonds. The molecule has 4 aliphatic rings. The molecule has 14 unspecified atom stereocenters. The highest BCUT2D eigenvalue weighted by Crippen LogP contribution is 2.41. The number of benzene rings is 1. The Labute approximate surface area is 404 Å². The van der Waals surface area contributed by atoms with Crippen molar-refractivity contribution in [3.05, 3.63) is 71.9 Å². The van der Waals surface area contributed by atoms with E-state index in [0.717, 1.165) is 16.9 Å². The summed E-state index contributed by atoms with van der Waals surface area (Å²) in [5, 5.41) is 35.9. The molecule has 3 aliphatic heterocycles. The third kappa shape index (κ3) is 13.2. The lowest BCUT2D eigenvalue weighted by Crippen LogP contribution is -2.64. The molecule has 0 radical (unpaired) electrons. The van der Waals surface area contributed by atoms with Crippen LogP contribution in [-0.2, 0) is 42.9 Å². The van der Waals surface area contributed by atoms with Crippen molar-refractivity contribution in [2.24, 2.45) is 29.6 Å². The number of hydrogen-bond acceptors (Lipinski definition) is 13. The summed E-state index contributed by atoms with van der Waals surface area (Å²) in [5.41, 5.74) is 1.38. The second-order valence-corrected chi connectivity index (χ2v) is 20.1. The first-order valence-electron chi connectivity index (χ1n) is 24.6. The van der Waals surface area contributed by atoms with E-state index in [-0.39, 0.29) is 43.4 Å². The van der Waals surface area contributed by atoms with E-state index < -0.39 is 89.5 Å². The number of piperidine rings is 1. The van der Waals surface area contributed by atoms with Gasteiger partial charge in [0, 0.05) is 52.0 Å². The lowest BCUT2D eigenvalue weighted by Gasteiger charge is -2.47. The van der Waals surface area contributed by atoms with Gasteiger partial charge in [0.05, 0.1) is 37.1 Å². The highest BCUT2D eigenvalue weighted by Gasteiger charge is 2.56. The monoisotopic (exact) mass is 950 g/mol. The van der Waals surface area contributed by atoms with Gasteiger partial charge in [0.2, 0.25) is 5.79 Å². The van der Waals surface area contributed by atoms with E-state index in [1.165, 1.54) is 19.1 Å². The normalized spacial score (nSPS) is 36.6. The van der Waals surface area contributed by atoms with Gasteiger partial charge in [0.25, 0.3) is 11.7 Å². The van der Waals surface area contributed by atoms with Crippen molar-refractivity contribution in [2.75, 3.05) is 35.0 Å². The van der Waals surface area contributed by atoms with Gasteiger partial charge in [-0.1, -0.05) is 68.9 Å². The van der Waals surface area contributed by atoms with Gasteiger partial charge in [0.15, 0.2) is 0 Å². The van der Waals surface area contributed by atoms with Crippen LogP contribution in [0.5, 0.6) is 5.75 Å². The Morgan fingerprint density at radius 3 is 2.35 bits per heavy atom. The number of hydrogen-bond donors (Lipinski definition) is 3. The molecule has 2 bridgehead atoms. The van der Waals surface area contributed by atoms with E-state index in [9.17, 15) is 34.5 Å². The number of methoxy groups -OCH3 is 4. The number of rotatable bonds is 11. The molecule has 0 spiro atoms. The second-order valence-electron chi connectivity index (χ2n) is 20.1. The number of aliphatic hydroxyl groups is 3. The number of esters is 1. The van der Waals surface area contributed by atoms with Gasteiger partial charge in [-0.05, 0) is 120 Å². The Bertz CT molecular complexity index is 2000. The first kappa shape index (κ1) is 54.9. The number of nitrogens with zero attached hydrogens (tertiary/aromatic N) is 1. The molecule has 378 valence electrons. The van der Waals surface area contributed by atoms with Crippen molar-refractivity contribution in [1.82, 2.24) is 4.90 Å². The molecule has 14 nitrogen and oxygen atoms in total. The van der Waals surface area contributed by atoms with Gasteiger partial charge in [-0.25, -0.2) is 4.79 Å². The SMILES string of the molecule is C=CCC1C=C(C)CC(C)CC(OC)C2OC(O)(C(=O)C(=O)N3CCCCC3C(=O)OC(C(C)=CC3CCC(O)(CC=Cc4cccc(OC)c4)C(OC)C3)C(C)C(O)CC1=O)C(C)CC2OC. The molecule has 14 heteroatoms. The third-order valence-electron chi connectivity index (χ3n) is 15.0. The number of ketones is 2. The van der Waals surface area contributed by atoms with Crippen molar-refractivity contribution in [1.29, 1.82) is 0 Å². The van der Waals surface area contributed by atoms with Crippen LogP contribution in [0, 0.1) is 29.6 Å². The number of ether oxygens (including phenoxy) is 6. The number of fused-ring (bicyclic) bond motifs is 3. The zero-order valence-electron chi connectivity index (χ0n) is 41.9. The van der Waals surface area contributed by atoms with Crippen molar-refractivity contribution >= 4 is 29.5 Å². The fourth-order valence-corrected chi connectivity index (χ4v) is 10.9. The van der Waals surface area contributed by atoms with E-state index in [1.807, 2.05) is 69.3 Å². The molecule has 1 aromatic carbocycles. The quantitative estimate of drug-likeness (QED) is 0.116. The molecular formula is C54H79NO13. The number of cyclic esters (lactones) is 1. The number of carbonyl (C=O) groups is 4. The van der Waals surface area contributed by atoms with Crippen LogP contribution in [0.25, 0.3) is 6.08 Å². The second kappa shape index (κ2) is 24.7. The predicted molar refractivity (Wildman–Crippen MR) is 258 cm³/mol.